The maximum atomic E-state index is 12.6. The number of hydrogen-bond donors (Lipinski definition) is 0. The number of aromatic nitrogens is 2. The molecule has 130 valence electrons. The third kappa shape index (κ3) is 3.63. The average molecular weight is 360 g/mol. The molecule has 0 saturated carbocycles. The summed E-state index contributed by atoms with van der Waals surface area (Å²) in [6.07, 6.45) is 0. The predicted octanol–water partition coefficient (Wildman–Crippen LogP) is 2.73. The first-order valence-electron chi connectivity index (χ1n) is 7.36. The number of rotatable bonds is 6. The molecular weight excluding hydrogens is 344 g/mol. The quantitative estimate of drug-likeness (QED) is 0.667. The van der Waals surface area contributed by atoms with Crippen LogP contribution in [0.3, 0.4) is 0 Å². The maximum Gasteiger partial charge on any atom is 0.242 e. The van der Waals surface area contributed by atoms with Crippen LogP contribution >= 0.6 is 0 Å². The van der Waals surface area contributed by atoms with E-state index < -0.39 is 15.6 Å². The van der Waals surface area contributed by atoms with Gasteiger partial charge in [0.15, 0.2) is 21.3 Å². The third-order valence-electron chi connectivity index (χ3n) is 3.53. The smallest absolute Gasteiger partial charge is 0.242 e. The van der Waals surface area contributed by atoms with Gasteiger partial charge in [0.2, 0.25) is 11.7 Å². The van der Waals surface area contributed by atoms with Crippen LogP contribution in [0, 0.1) is 0 Å². The molecule has 0 unspecified atom stereocenters. The molecule has 0 saturated heterocycles. The van der Waals surface area contributed by atoms with E-state index in [0.717, 1.165) is 5.56 Å². The van der Waals surface area contributed by atoms with Crippen molar-refractivity contribution < 1.29 is 22.4 Å². The Hall–Kier alpha value is -2.87. The topological polar surface area (TPSA) is 91.5 Å². The van der Waals surface area contributed by atoms with Crippen LogP contribution < -0.4 is 9.47 Å². The van der Waals surface area contributed by atoms with Gasteiger partial charge < -0.3 is 14.0 Å². The zero-order chi connectivity index (χ0) is 17.9. The molecular formula is C17H16N2O5S. The van der Waals surface area contributed by atoms with Gasteiger partial charge in [0.1, 0.15) is 5.75 Å². The Morgan fingerprint density at radius 2 is 1.72 bits per heavy atom. The Kier molecular flexibility index (Phi) is 4.71. The molecule has 0 aliphatic heterocycles. The van der Waals surface area contributed by atoms with Crippen LogP contribution in [-0.2, 0) is 15.6 Å². The lowest BCUT2D eigenvalue weighted by Crippen LogP contribution is -2.06. The highest BCUT2D eigenvalue weighted by molar-refractivity contribution is 7.90. The van der Waals surface area contributed by atoms with Crippen LogP contribution in [0.15, 0.2) is 57.9 Å². The zero-order valence-electron chi connectivity index (χ0n) is 13.7. The molecule has 1 heterocycles. The lowest BCUT2D eigenvalue weighted by Gasteiger charge is -2.09. The summed E-state index contributed by atoms with van der Waals surface area (Å²) in [7, 11) is -0.747. The van der Waals surface area contributed by atoms with Crippen molar-refractivity contribution in [2.45, 2.75) is 10.6 Å². The zero-order valence-corrected chi connectivity index (χ0v) is 14.5. The number of nitrogens with zero attached hydrogens (tertiary/aromatic N) is 2. The summed E-state index contributed by atoms with van der Waals surface area (Å²) in [5.41, 5.74) is 0.751. The fourth-order valence-corrected chi connectivity index (χ4v) is 3.44. The van der Waals surface area contributed by atoms with E-state index in [0.29, 0.717) is 17.3 Å². The summed E-state index contributed by atoms with van der Waals surface area (Å²) >= 11 is 0. The molecule has 0 aliphatic rings. The molecule has 8 heteroatoms. The Balaban J connectivity index is 1.86. The van der Waals surface area contributed by atoms with Gasteiger partial charge in [-0.25, -0.2) is 8.42 Å². The number of benzene rings is 2. The second-order valence-corrected chi connectivity index (χ2v) is 7.14. The van der Waals surface area contributed by atoms with Gasteiger partial charge in [0.25, 0.3) is 0 Å². The minimum atomic E-state index is -3.67. The van der Waals surface area contributed by atoms with E-state index >= 15 is 0 Å². The first-order chi connectivity index (χ1) is 12.0. The first kappa shape index (κ1) is 17.0. The Bertz CT molecular complexity index is 968. The Labute approximate surface area is 145 Å². The Morgan fingerprint density at radius 1 is 1.00 bits per heavy atom. The van der Waals surface area contributed by atoms with Crippen molar-refractivity contribution in [1.29, 1.82) is 0 Å². The molecule has 2 aromatic carbocycles. The van der Waals surface area contributed by atoms with Crippen LogP contribution in [0.4, 0.5) is 0 Å². The molecule has 0 N–H and O–H groups in total. The van der Waals surface area contributed by atoms with Crippen LogP contribution in [0.1, 0.15) is 5.89 Å². The third-order valence-corrected chi connectivity index (χ3v) is 5.13. The second kappa shape index (κ2) is 6.94. The van der Waals surface area contributed by atoms with E-state index in [1.807, 2.05) is 30.3 Å². The van der Waals surface area contributed by atoms with E-state index in [1.54, 1.807) is 0 Å². The molecule has 0 spiro atoms. The van der Waals surface area contributed by atoms with E-state index in [4.69, 9.17) is 14.0 Å². The lowest BCUT2D eigenvalue weighted by atomic mass is 10.2. The summed E-state index contributed by atoms with van der Waals surface area (Å²) in [4.78, 5) is 4.24. The van der Waals surface area contributed by atoms with E-state index in [9.17, 15) is 8.42 Å². The first-order valence-corrected chi connectivity index (χ1v) is 9.01. The summed E-state index contributed by atoms with van der Waals surface area (Å²) in [6.45, 7) is 0. The van der Waals surface area contributed by atoms with Gasteiger partial charge in [0.05, 0.1) is 19.1 Å². The number of methoxy groups -OCH3 is 2. The van der Waals surface area contributed by atoms with Crippen LogP contribution in [0.25, 0.3) is 11.4 Å². The van der Waals surface area contributed by atoms with E-state index in [1.165, 1.54) is 32.4 Å². The monoisotopic (exact) mass is 360 g/mol. The fourth-order valence-electron chi connectivity index (χ4n) is 2.27. The van der Waals surface area contributed by atoms with Crippen LogP contribution in [0.2, 0.25) is 0 Å². The van der Waals surface area contributed by atoms with Crippen LogP contribution in [0.5, 0.6) is 11.5 Å². The van der Waals surface area contributed by atoms with Crippen molar-refractivity contribution in [3.05, 3.63) is 54.4 Å². The molecule has 3 aromatic rings. The largest absolute Gasteiger partial charge is 0.493 e. The number of hydrogen-bond acceptors (Lipinski definition) is 7. The highest BCUT2D eigenvalue weighted by Crippen LogP contribution is 2.30. The SMILES string of the molecule is COc1ccc(S(=O)(=O)Cc2nc(-c3ccccc3)no2)cc1OC. The molecule has 25 heavy (non-hydrogen) atoms. The highest BCUT2D eigenvalue weighted by atomic mass is 32.2. The van der Waals surface area contributed by atoms with Crippen molar-refractivity contribution in [3.8, 4) is 22.9 Å². The summed E-state index contributed by atoms with van der Waals surface area (Å²) < 4.78 is 40.5. The number of sulfone groups is 1. The lowest BCUT2D eigenvalue weighted by molar-refractivity contribution is 0.354. The minimum Gasteiger partial charge on any atom is -0.493 e. The van der Waals surface area contributed by atoms with Crippen LogP contribution in [-0.4, -0.2) is 32.8 Å². The summed E-state index contributed by atoms with van der Waals surface area (Å²) in [6, 6.07) is 13.6. The average Bonchev–Trinajstić information content (AvgIpc) is 3.09. The van der Waals surface area contributed by atoms with Gasteiger partial charge in [0, 0.05) is 11.6 Å². The molecule has 7 nitrogen and oxygen atoms in total. The van der Waals surface area contributed by atoms with Gasteiger partial charge in [-0.05, 0) is 12.1 Å². The molecule has 0 radical (unpaired) electrons. The normalized spacial score (nSPS) is 11.3. The molecule has 1 aromatic heterocycles. The fraction of sp³-hybridized carbons (Fsp3) is 0.176. The van der Waals surface area contributed by atoms with Crippen molar-refractivity contribution in [2.24, 2.45) is 0 Å². The van der Waals surface area contributed by atoms with Gasteiger partial charge in [-0.1, -0.05) is 35.5 Å². The second-order valence-electron chi connectivity index (χ2n) is 5.15. The Morgan fingerprint density at radius 3 is 2.40 bits per heavy atom. The summed E-state index contributed by atoms with van der Waals surface area (Å²) in [5.74, 6) is 0.749. The van der Waals surface area contributed by atoms with Crippen molar-refractivity contribution in [2.75, 3.05) is 14.2 Å². The van der Waals surface area contributed by atoms with Gasteiger partial charge in [-0.15, -0.1) is 0 Å². The van der Waals surface area contributed by atoms with E-state index in [-0.39, 0.29) is 10.8 Å². The highest BCUT2D eigenvalue weighted by Gasteiger charge is 2.22. The summed E-state index contributed by atoms with van der Waals surface area (Å²) in [5, 5.41) is 3.83. The van der Waals surface area contributed by atoms with Crippen molar-refractivity contribution >= 4 is 9.84 Å². The molecule has 0 amide bonds. The predicted molar refractivity (Wildman–Crippen MR) is 90.2 cm³/mol. The van der Waals surface area contributed by atoms with Gasteiger partial charge >= 0.3 is 0 Å². The molecule has 0 fully saturated rings. The van der Waals surface area contributed by atoms with Gasteiger partial charge in [-0.2, -0.15) is 4.98 Å². The van der Waals surface area contributed by atoms with Crippen molar-refractivity contribution in [1.82, 2.24) is 10.1 Å². The minimum absolute atomic E-state index is 0.0219. The molecule has 0 atom stereocenters. The van der Waals surface area contributed by atoms with Crippen molar-refractivity contribution in [3.63, 3.8) is 0 Å². The van der Waals surface area contributed by atoms with Gasteiger partial charge in [-0.3, -0.25) is 0 Å². The standard InChI is InChI=1S/C17H16N2O5S/c1-22-14-9-8-13(10-15(14)23-2)25(20,21)11-16-18-17(19-24-16)12-6-4-3-5-7-12/h3-10H,11H2,1-2H3. The molecule has 3 rings (SSSR count). The number of ether oxygens (including phenoxy) is 2. The van der Waals surface area contributed by atoms with E-state index in [2.05, 4.69) is 10.1 Å². The molecule has 0 aliphatic carbocycles. The maximum absolute atomic E-state index is 12.6. The molecule has 0 bridgehead atoms.